The standard InChI is InChI=1S/C25H33N5O.2C2HF3O2/c1-19-15-29(25(31)30(16-19)23-9-5-8-22(14-23)24(26)27)18-21-10-12-28(13-11-21)17-20-6-3-2-4-7-20;2*3-2(4,5)1(6)7/h2-9,14,19,21H,10-13,15-18H2,1H3,(H3,26,27);2*(H,6,7). The number of urea groups is 1. The minimum atomic E-state index is -5.08. The van der Waals surface area contributed by atoms with Crippen LogP contribution in [0.2, 0.25) is 0 Å². The highest BCUT2D eigenvalue weighted by Crippen LogP contribution is 2.27. The number of rotatable bonds is 6. The van der Waals surface area contributed by atoms with E-state index in [1.54, 1.807) is 0 Å². The van der Waals surface area contributed by atoms with Crippen molar-refractivity contribution in [3.63, 3.8) is 0 Å². The van der Waals surface area contributed by atoms with Crippen molar-refractivity contribution < 1.29 is 50.9 Å². The van der Waals surface area contributed by atoms with Gasteiger partial charge in [-0.1, -0.05) is 49.4 Å². The van der Waals surface area contributed by atoms with Crippen LogP contribution in [0.5, 0.6) is 0 Å². The van der Waals surface area contributed by atoms with E-state index in [-0.39, 0.29) is 11.9 Å². The summed E-state index contributed by atoms with van der Waals surface area (Å²) in [4.78, 5) is 37.5. The van der Waals surface area contributed by atoms with Crippen LogP contribution in [0.25, 0.3) is 0 Å². The Balaban J connectivity index is 0.000000421. The van der Waals surface area contributed by atoms with Gasteiger partial charge in [0.1, 0.15) is 5.84 Å². The van der Waals surface area contributed by atoms with Crippen molar-refractivity contribution >= 4 is 29.5 Å². The van der Waals surface area contributed by atoms with Crippen LogP contribution >= 0.6 is 0 Å². The molecule has 45 heavy (non-hydrogen) atoms. The number of nitrogens with zero attached hydrogens (tertiary/aromatic N) is 3. The van der Waals surface area contributed by atoms with Gasteiger partial charge in [-0.15, -0.1) is 0 Å². The fraction of sp³-hybridized carbons (Fsp3) is 0.448. The molecule has 2 amide bonds. The second-order valence-corrected chi connectivity index (χ2v) is 10.7. The number of benzene rings is 2. The molecule has 16 heteroatoms. The normalized spacial score (nSPS) is 17.8. The van der Waals surface area contributed by atoms with E-state index >= 15 is 0 Å². The Labute approximate surface area is 255 Å². The second kappa shape index (κ2) is 16.1. The molecule has 4 rings (SSSR count). The Kier molecular flexibility index (Phi) is 13.2. The number of aliphatic carboxylic acids is 2. The molecule has 0 aliphatic carbocycles. The van der Waals surface area contributed by atoms with Gasteiger partial charge < -0.3 is 20.8 Å². The maximum atomic E-state index is 13.3. The first-order chi connectivity index (χ1) is 20.9. The van der Waals surface area contributed by atoms with Crippen molar-refractivity contribution in [1.29, 1.82) is 5.41 Å². The number of anilines is 1. The van der Waals surface area contributed by atoms with Gasteiger partial charge in [-0.25, -0.2) is 14.4 Å². The molecule has 10 nitrogen and oxygen atoms in total. The van der Waals surface area contributed by atoms with Gasteiger partial charge in [0.2, 0.25) is 0 Å². The molecule has 0 aromatic heterocycles. The molecule has 2 aliphatic heterocycles. The van der Waals surface area contributed by atoms with E-state index in [1.807, 2.05) is 34.1 Å². The molecule has 0 spiro atoms. The van der Waals surface area contributed by atoms with Crippen molar-refractivity contribution in [1.82, 2.24) is 9.80 Å². The predicted molar refractivity (Wildman–Crippen MR) is 153 cm³/mol. The van der Waals surface area contributed by atoms with Crippen molar-refractivity contribution in [2.24, 2.45) is 17.6 Å². The van der Waals surface area contributed by atoms with E-state index in [0.29, 0.717) is 23.9 Å². The molecule has 0 radical (unpaired) electrons. The number of halogens is 6. The third kappa shape index (κ3) is 12.3. The number of nitrogens with two attached hydrogens (primary N) is 1. The lowest BCUT2D eigenvalue weighted by Crippen LogP contribution is -2.54. The van der Waals surface area contributed by atoms with Gasteiger partial charge in [-0.2, -0.15) is 26.3 Å². The first-order valence-corrected chi connectivity index (χ1v) is 13.8. The maximum Gasteiger partial charge on any atom is 0.490 e. The van der Waals surface area contributed by atoms with Crippen LogP contribution in [0, 0.1) is 17.2 Å². The zero-order valence-electron chi connectivity index (χ0n) is 24.3. The third-order valence-electron chi connectivity index (χ3n) is 6.92. The molecule has 2 aromatic carbocycles. The van der Waals surface area contributed by atoms with E-state index in [9.17, 15) is 31.1 Å². The third-order valence-corrected chi connectivity index (χ3v) is 6.92. The molecule has 2 aliphatic rings. The predicted octanol–water partition coefficient (Wildman–Crippen LogP) is 5.03. The van der Waals surface area contributed by atoms with Gasteiger partial charge >= 0.3 is 30.3 Å². The van der Waals surface area contributed by atoms with Gasteiger partial charge in [0, 0.05) is 37.4 Å². The van der Waals surface area contributed by atoms with Gasteiger partial charge in [0.05, 0.1) is 0 Å². The molecule has 2 saturated heterocycles. The topological polar surface area (TPSA) is 151 Å². The Hall–Kier alpha value is -4.34. The minimum Gasteiger partial charge on any atom is -0.475 e. The first kappa shape index (κ1) is 36.8. The number of piperidine rings is 1. The molecular formula is C29H35F6N5O5. The van der Waals surface area contributed by atoms with Crippen LogP contribution in [-0.4, -0.2) is 88.9 Å². The van der Waals surface area contributed by atoms with Crippen molar-refractivity contribution in [3.8, 4) is 0 Å². The highest BCUT2D eigenvalue weighted by Gasteiger charge is 2.39. The van der Waals surface area contributed by atoms with Crippen LogP contribution < -0.4 is 10.6 Å². The number of carbonyl (C=O) groups excluding carboxylic acids is 1. The quantitative estimate of drug-likeness (QED) is 0.195. The molecular weight excluding hydrogens is 612 g/mol. The molecule has 5 N–H and O–H groups in total. The van der Waals surface area contributed by atoms with Crippen molar-refractivity contribution in [3.05, 3.63) is 65.7 Å². The number of hydrogen-bond donors (Lipinski definition) is 4. The number of hydrogen-bond acceptors (Lipinski definition) is 5. The smallest absolute Gasteiger partial charge is 0.475 e. The molecule has 0 saturated carbocycles. The SMILES string of the molecule is CC1CN(CC2CCN(Cc3ccccc3)CC2)C(=O)N(c2cccc(C(=N)N)c2)C1.O=C(O)C(F)(F)F.O=C(O)C(F)(F)F. The summed E-state index contributed by atoms with van der Waals surface area (Å²) in [5.41, 5.74) is 8.49. The monoisotopic (exact) mass is 647 g/mol. The van der Waals surface area contributed by atoms with Crippen LogP contribution in [0.15, 0.2) is 54.6 Å². The summed E-state index contributed by atoms with van der Waals surface area (Å²) in [6.07, 6.45) is -7.91. The number of amides is 2. The fourth-order valence-corrected chi connectivity index (χ4v) is 4.76. The number of carbonyl (C=O) groups is 3. The van der Waals surface area contributed by atoms with E-state index in [4.69, 9.17) is 30.9 Å². The lowest BCUT2D eigenvalue weighted by atomic mass is 9.95. The van der Waals surface area contributed by atoms with E-state index in [2.05, 4.69) is 42.2 Å². The summed E-state index contributed by atoms with van der Waals surface area (Å²) >= 11 is 0. The Bertz CT molecular complexity index is 1280. The minimum absolute atomic E-state index is 0.0264. The van der Waals surface area contributed by atoms with Crippen LogP contribution in [-0.2, 0) is 16.1 Å². The highest BCUT2D eigenvalue weighted by molar-refractivity contribution is 5.98. The number of nitrogen functional groups attached to an aromatic ring is 1. The zero-order chi connectivity index (χ0) is 33.9. The lowest BCUT2D eigenvalue weighted by molar-refractivity contribution is -0.193. The fourth-order valence-electron chi connectivity index (χ4n) is 4.76. The van der Waals surface area contributed by atoms with Crippen molar-refractivity contribution in [2.45, 2.75) is 38.7 Å². The van der Waals surface area contributed by atoms with Gasteiger partial charge in [-0.05, 0) is 55.5 Å². The number of carboxylic acids is 2. The Morgan fingerprint density at radius 2 is 1.44 bits per heavy atom. The van der Waals surface area contributed by atoms with Crippen LogP contribution in [0.1, 0.15) is 30.9 Å². The first-order valence-electron chi connectivity index (χ1n) is 13.8. The molecule has 1 unspecified atom stereocenters. The summed E-state index contributed by atoms with van der Waals surface area (Å²) in [5.74, 6) is -4.54. The number of nitrogens with one attached hydrogen (secondary N) is 1. The summed E-state index contributed by atoms with van der Waals surface area (Å²) in [5, 5.41) is 21.9. The maximum absolute atomic E-state index is 13.3. The average Bonchev–Trinajstić information content (AvgIpc) is 2.96. The number of alkyl halides is 6. The molecule has 2 fully saturated rings. The van der Waals surface area contributed by atoms with Crippen LogP contribution in [0.3, 0.4) is 0 Å². The average molecular weight is 648 g/mol. The molecule has 2 aromatic rings. The van der Waals surface area contributed by atoms with Crippen molar-refractivity contribution in [2.75, 3.05) is 37.6 Å². The van der Waals surface area contributed by atoms with Gasteiger partial charge in [0.25, 0.3) is 0 Å². The zero-order valence-corrected chi connectivity index (χ0v) is 24.3. The van der Waals surface area contributed by atoms with E-state index in [1.165, 1.54) is 5.56 Å². The molecule has 2 heterocycles. The van der Waals surface area contributed by atoms with Crippen LogP contribution in [0.4, 0.5) is 36.8 Å². The molecule has 0 bridgehead atoms. The second-order valence-electron chi connectivity index (χ2n) is 10.7. The summed E-state index contributed by atoms with van der Waals surface area (Å²) < 4.78 is 63.5. The number of carboxylic acid groups (broad SMARTS) is 2. The molecule has 248 valence electrons. The summed E-state index contributed by atoms with van der Waals surface area (Å²) in [7, 11) is 0. The summed E-state index contributed by atoms with van der Waals surface area (Å²) in [6, 6.07) is 18.2. The number of amidine groups is 1. The van der Waals surface area contributed by atoms with E-state index < -0.39 is 24.3 Å². The summed E-state index contributed by atoms with van der Waals surface area (Å²) in [6.45, 7) is 7.71. The number of likely N-dealkylation sites (tertiary alicyclic amines) is 1. The highest BCUT2D eigenvalue weighted by atomic mass is 19.4. The lowest BCUT2D eigenvalue weighted by Gasteiger charge is -2.42. The Morgan fingerprint density at radius 3 is 1.93 bits per heavy atom. The van der Waals surface area contributed by atoms with Gasteiger partial charge in [-0.3, -0.25) is 15.2 Å². The van der Waals surface area contributed by atoms with Gasteiger partial charge in [0.15, 0.2) is 0 Å². The molecule has 1 atom stereocenters. The largest absolute Gasteiger partial charge is 0.490 e. The van der Waals surface area contributed by atoms with E-state index in [0.717, 1.165) is 51.3 Å². The Morgan fingerprint density at radius 1 is 0.911 bits per heavy atom.